The van der Waals surface area contributed by atoms with Crippen molar-refractivity contribution in [3.8, 4) is 11.5 Å². The number of nitrogens with one attached hydrogen (secondary N) is 1. The Morgan fingerprint density at radius 2 is 1.81 bits per heavy atom. The van der Waals surface area contributed by atoms with Gasteiger partial charge in [0.2, 0.25) is 16.8 Å². The van der Waals surface area contributed by atoms with Crippen LogP contribution in [-0.2, 0) is 16.6 Å². The highest BCUT2D eigenvalue weighted by Gasteiger charge is 2.23. The zero-order valence-corrected chi connectivity index (χ0v) is 18.0. The lowest BCUT2D eigenvalue weighted by Gasteiger charge is -2.36. The molecule has 0 atom stereocenters. The van der Waals surface area contributed by atoms with Crippen molar-refractivity contribution >= 4 is 27.4 Å². The molecule has 2 aromatic rings. The number of ether oxygens (including phenoxy) is 2. The van der Waals surface area contributed by atoms with Crippen molar-refractivity contribution in [2.45, 2.75) is 13.5 Å². The van der Waals surface area contributed by atoms with Gasteiger partial charge in [0.1, 0.15) is 0 Å². The van der Waals surface area contributed by atoms with Gasteiger partial charge in [0.15, 0.2) is 11.5 Å². The molecule has 2 aromatic carbocycles. The first-order chi connectivity index (χ1) is 14.8. The van der Waals surface area contributed by atoms with Crippen LogP contribution in [0.25, 0.3) is 0 Å². The Balaban J connectivity index is 1.42. The average Bonchev–Trinajstić information content (AvgIpc) is 3.22. The van der Waals surface area contributed by atoms with E-state index in [-0.39, 0.29) is 23.8 Å². The number of piperazine rings is 1. The van der Waals surface area contributed by atoms with E-state index in [1.165, 1.54) is 13.0 Å². The minimum Gasteiger partial charge on any atom is -0.478 e. The smallest absolute Gasteiger partial charge is 0.337 e. The van der Waals surface area contributed by atoms with Crippen LogP contribution < -0.4 is 19.1 Å². The second-order valence-electron chi connectivity index (χ2n) is 7.49. The molecule has 10 heteroatoms. The molecule has 0 saturated carbocycles. The molecule has 2 heterocycles. The predicted octanol–water partition coefficient (Wildman–Crippen LogP) is 2.20. The normalized spacial score (nSPS) is 16.4. The summed E-state index contributed by atoms with van der Waals surface area (Å²) in [4.78, 5) is 16.1. The van der Waals surface area contributed by atoms with Crippen molar-refractivity contribution < 1.29 is 27.8 Å². The van der Waals surface area contributed by atoms with Crippen LogP contribution in [0, 0.1) is 0 Å². The number of fused-ring (bicyclic) bond motifs is 1. The zero-order chi connectivity index (χ0) is 22.0. The zero-order valence-electron chi connectivity index (χ0n) is 17.2. The summed E-state index contributed by atoms with van der Waals surface area (Å²) in [6.45, 7) is 5.44. The molecule has 0 amide bonds. The Hall–Kier alpha value is -2.98. The molecule has 0 bridgehead atoms. The number of benzene rings is 2. The Bertz CT molecular complexity index is 1080. The van der Waals surface area contributed by atoms with Gasteiger partial charge < -0.3 is 19.5 Å². The number of rotatable bonds is 7. The van der Waals surface area contributed by atoms with Gasteiger partial charge >= 0.3 is 5.97 Å². The molecule has 1 saturated heterocycles. The third-order valence-electron chi connectivity index (χ3n) is 5.44. The maximum atomic E-state index is 11.8. The minimum atomic E-state index is -3.47. The molecule has 31 heavy (non-hydrogen) atoms. The van der Waals surface area contributed by atoms with Gasteiger partial charge in [-0.3, -0.25) is 9.62 Å². The van der Waals surface area contributed by atoms with Gasteiger partial charge in [0.05, 0.1) is 17.0 Å². The summed E-state index contributed by atoms with van der Waals surface area (Å²) in [5, 5.41) is 9.66. The molecular weight excluding hydrogens is 422 g/mol. The van der Waals surface area contributed by atoms with Gasteiger partial charge in [-0.2, -0.15) is 0 Å². The lowest BCUT2D eigenvalue weighted by molar-refractivity contribution is 0.0697. The molecule has 166 valence electrons. The highest BCUT2D eigenvalue weighted by molar-refractivity contribution is 7.92. The highest BCUT2D eigenvalue weighted by atomic mass is 32.2. The van der Waals surface area contributed by atoms with Crippen LogP contribution in [-0.4, -0.2) is 63.1 Å². The molecule has 1 fully saturated rings. The number of hydrogen-bond donors (Lipinski definition) is 2. The Labute approximate surface area is 181 Å². The first-order valence-electron chi connectivity index (χ1n) is 10.1. The van der Waals surface area contributed by atoms with Crippen LogP contribution in [0.4, 0.5) is 11.4 Å². The number of nitrogens with zero attached hydrogens (tertiary/aromatic N) is 2. The van der Waals surface area contributed by atoms with Crippen LogP contribution in [0.5, 0.6) is 11.5 Å². The van der Waals surface area contributed by atoms with E-state index in [4.69, 9.17) is 9.47 Å². The fourth-order valence-corrected chi connectivity index (χ4v) is 4.37. The van der Waals surface area contributed by atoms with Gasteiger partial charge in [-0.25, -0.2) is 13.2 Å². The Kier molecular flexibility index (Phi) is 5.92. The fourth-order valence-electron chi connectivity index (χ4n) is 3.74. The Morgan fingerprint density at radius 3 is 2.52 bits per heavy atom. The first-order valence-corrected chi connectivity index (χ1v) is 11.7. The summed E-state index contributed by atoms with van der Waals surface area (Å²) in [6, 6.07) is 10.6. The lowest BCUT2D eigenvalue weighted by Crippen LogP contribution is -2.46. The molecule has 2 aliphatic heterocycles. The summed E-state index contributed by atoms with van der Waals surface area (Å²) in [6.07, 6.45) is 0. The molecule has 0 unspecified atom stereocenters. The third-order valence-corrected chi connectivity index (χ3v) is 6.74. The molecule has 4 rings (SSSR count). The molecular formula is C21H25N3O6S. The molecule has 0 aliphatic carbocycles. The SMILES string of the molecule is CCS(=O)(=O)Nc1ccc(N2CCN(Cc3ccc4c(c3)OCO4)CC2)c(C(=O)O)c1. The summed E-state index contributed by atoms with van der Waals surface area (Å²) >= 11 is 0. The summed E-state index contributed by atoms with van der Waals surface area (Å²) in [5.74, 6) is 0.360. The first kappa shape index (κ1) is 21.3. The van der Waals surface area contributed by atoms with E-state index < -0.39 is 16.0 Å². The largest absolute Gasteiger partial charge is 0.478 e. The Morgan fingerprint density at radius 1 is 1.06 bits per heavy atom. The van der Waals surface area contributed by atoms with E-state index in [0.717, 1.165) is 36.7 Å². The highest BCUT2D eigenvalue weighted by Crippen LogP contribution is 2.33. The molecule has 0 aromatic heterocycles. The third kappa shape index (κ3) is 4.86. The van der Waals surface area contributed by atoms with Crippen molar-refractivity contribution in [1.29, 1.82) is 0 Å². The van der Waals surface area contributed by atoms with E-state index >= 15 is 0 Å². The monoisotopic (exact) mass is 447 g/mol. The van der Waals surface area contributed by atoms with Gasteiger partial charge in [-0.1, -0.05) is 6.07 Å². The number of aromatic carboxylic acids is 1. The number of carboxylic acids is 1. The van der Waals surface area contributed by atoms with Crippen molar-refractivity contribution in [3.63, 3.8) is 0 Å². The topological polar surface area (TPSA) is 108 Å². The van der Waals surface area contributed by atoms with E-state index in [9.17, 15) is 18.3 Å². The molecule has 9 nitrogen and oxygen atoms in total. The molecule has 0 spiro atoms. The van der Waals surface area contributed by atoms with Crippen LogP contribution >= 0.6 is 0 Å². The maximum absolute atomic E-state index is 11.8. The second kappa shape index (κ2) is 8.64. The summed E-state index contributed by atoms with van der Waals surface area (Å²) < 4.78 is 36.8. The van der Waals surface area contributed by atoms with Gasteiger partial charge in [0.25, 0.3) is 0 Å². The quantitative estimate of drug-likeness (QED) is 0.665. The van der Waals surface area contributed by atoms with E-state index in [0.29, 0.717) is 18.8 Å². The van der Waals surface area contributed by atoms with Crippen LogP contribution in [0.15, 0.2) is 36.4 Å². The molecule has 2 aliphatic rings. The van der Waals surface area contributed by atoms with Crippen molar-refractivity contribution in [2.24, 2.45) is 0 Å². The predicted molar refractivity (Wildman–Crippen MR) is 117 cm³/mol. The van der Waals surface area contributed by atoms with Crippen molar-refractivity contribution in [2.75, 3.05) is 48.3 Å². The van der Waals surface area contributed by atoms with Crippen molar-refractivity contribution in [3.05, 3.63) is 47.5 Å². The van der Waals surface area contributed by atoms with Gasteiger partial charge in [-0.15, -0.1) is 0 Å². The molecule has 2 N–H and O–H groups in total. The number of carboxylic acid groups (broad SMARTS) is 1. The van der Waals surface area contributed by atoms with Gasteiger partial charge in [0, 0.05) is 38.4 Å². The van der Waals surface area contributed by atoms with E-state index in [2.05, 4.69) is 9.62 Å². The number of hydrogen-bond acceptors (Lipinski definition) is 7. The van der Waals surface area contributed by atoms with Crippen molar-refractivity contribution in [1.82, 2.24) is 4.90 Å². The van der Waals surface area contributed by atoms with E-state index in [1.807, 2.05) is 23.1 Å². The fraction of sp³-hybridized carbons (Fsp3) is 0.381. The van der Waals surface area contributed by atoms with E-state index in [1.54, 1.807) is 12.1 Å². The van der Waals surface area contributed by atoms with Crippen LogP contribution in [0.3, 0.4) is 0 Å². The summed E-state index contributed by atoms with van der Waals surface area (Å²) in [5.41, 5.74) is 2.07. The maximum Gasteiger partial charge on any atom is 0.337 e. The summed E-state index contributed by atoms with van der Waals surface area (Å²) in [7, 11) is -3.47. The standard InChI is InChI=1S/C21H25N3O6S/c1-2-31(27,28)22-16-4-5-18(17(12-16)21(25)26)24-9-7-23(8-10-24)13-15-3-6-19-20(11-15)30-14-29-19/h3-6,11-12,22H,2,7-10,13-14H2,1H3,(H,25,26). The average molecular weight is 448 g/mol. The second-order valence-corrected chi connectivity index (χ2v) is 9.50. The number of anilines is 2. The van der Waals surface area contributed by atoms with Crippen LogP contribution in [0.1, 0.15) is 22.8 Å². The van der Waals surface area contributed by atoms with Crippen LogP contribution in [0.2, 0.25) is 0 Å². The molecule has 0 radical (unpaired) electrons. The number of sulfonamides is 1. The minimum absolute atomic E-state index is 0.0809. The lowest BCUT2D eigenvalue weighted by atomic mass is 10.1. The van der Waals surface area contributed by atoms with Gasteiger partial charge in [-0.05, 0) is 42.8 Å². The number of carbonyl (C=O) groups is 1.